The Morgan fingerprint density at radius 3 is 2.70 bits per heavy atom. The van der Waals surface area contributed by atoms with Crippen molar-refractivity contribution in [3.8, 4) is 17.5 Å². The highest BCUT2D eigenvalue weighted by molar-refractivity contribution is 6.04. The lowest BCUT2D eigenvalue weighted by Gasteiger charge is -2.21. The Balaban J connectivity index is 1.46. The summed E-state index contributed by atoms with van der Waals surface area (Å²) < 4.78 is 3.17. The van der Waals surface area contributed by atoms with E-state index in [2.05, 4.69) is 32.6 Å². The van der Waals surface area contributed by atoms with Gasteiger partial charge in [-0.15, -0.1) is 5.10 Å². The molecule has 0 saturated heterocycles. The molecule has 1 unspecified atom stereocenters. The van der Waals surface area contributed by atoms with Crippen molar-refractivity contribution in [2.45, 2.75) is 13.0 Å². The first kappa shape index (κ1) is 24.7. The molecule has 2 aromatic carbocycles. The van der Waals surface area contributed by atoms with Gasteiger partial charge >= 0.3 is 0 Å². The SMILES string of the molecule is CC(NC(=O)c1c(N)nn2c1NCC=C2)c1cc2cccc(C#Cc3ccccn3)c2c(=O)n1-c1ccccc1. The molecule has 1 aliphatic heterocycles. The van der Waals surface area contributed by atoms with Gasteiger partial charge in [-0.1, -0.05) is 42.3 Å². The number of benzene rings is 2. The fraction of sp³-hybridized carbons (Fsp3) is 0.0968. The maximum absolute atomic E-state index is 14.2. The number of carbonyl (C=O) groups excluding carboxylic acids is 1. The van der Waals surface area contributed by atoms with Crippen LogP contribution in [0.5, 0.6) is 0 Å². The molecule has 3 aromatic heterocycles. The molecule has 0 saturated carbocycles. The summed E-state index contributed by atoms with van der Waals surface area (Å²) in [5.74, 6) is 6.43. The molecule has 0 bridgehead atoms. The molecular formula is C31H25N7O2. The van der Waals surface area contributed by atoms with E-state index in [1.165, 1.54) is 0 Å². The normalized spacial score (nSPS) is 12.6. The lowest BCUT2D eigenvalue weighted by molar-refractivity contribution is 0.0940. The van der Waals surface area contributed by atoms with Crippen LogP contribution in [0.2, 0.25) is 0 Å². The van der Waals surface area contributed by atoms with Crippen LogP contribution in [-0.4, -0.2) is 31.8 Å². The molecule has 6 rings (SSSR count). The summed E-state index contributed by atoms with van der Waals surface area (Å²) in [6, 6.07) is 21.8. The minimum atomic E-state index is -0.554. The number of nitrogens with one attached hydrogen (secondary N) is 2. The average Bonchev–Trinajstić information content (AvgIpc) is 3.32. The van der Waals surface area contributed by atoms with Crippen molar-refractivity contribution < 1.29 is 4.79 Å². The third-order valence-electron chi connectivity index (χ3n) is 6.67. The number of aromatic nitrogens is 4. The number of fused-ring (bicyclic) bond motifs is 2. The molecule has 5 aromatic rings. The van der Waals surface area contributed by atoms with Gasteiger partial charge in [0.2, 0.25) is 0 Å². The molecule has 1 amide bonds. The molecule has 0 spiro atoms. The first-order chi connectivity index (χ1) is 19.5. The maximum Gasteiger partial charge on any atom is 0.264 e. The van der Waals surface area contributed by atoms with Gasteiger partial charge in [0.05, 0.1) is 11.4 Å². The van der Waals surface area contributed by atoms with E-state index in [0.717, 1.165) is 5.39 Å². The first-order valence-electron chi connectivity index (χ1n) is 12.8. The number of hydrogen-bond donors (Lipinski definition) is 3. The van der Waals surface area contributed by atoms with Crippen molar-refractivity contribution >= 4 is 34.5 Å². The third-order valence-corrected chi connectivity index (χ3v) is 6.67. The van der Waals surface area contributed by atoms with E-state index < -0.39 is 11.9 Å². The van der Waals surface area contributed by atoms with Crippen LogP contribution in [-0.2, 0) is 0 Å². The van der Waals surface area contributed by atoms with E-state index >= 15 is 0 Å². The summed E-state index contributed by atoms with van der Waals surface area (Å²) in [5.41, 5.74) is 8.62. The molecule has 9 heteroatoms. The topological polar surface area (TPSA) is 120 Å². The number of para-hydroxylation sites is 1. The van der Waals surface area contributed by atoms with Crippen LogP contribution in [0.4, 0.5) is 11.6 Å². The molecule has 4 heterocycles. The summed E-state index contributed by atoms with van der Waals surface area (Å²) in [4.78, 5) is 31.9. The van der Waals surface area contributed by atoms with Gasteiger partial charge in [0.25, 0.3) is 11.5 Å². The van der Waals surface area contributed by atoms with E-state index in [0.29, 0.717) is 40.4 Å². The van der Waals surface area contributed by atoms with Gasteiger partial charge in [0, 0.05) is 35.9 Å². The highest BCUT2D eigenvalue weighted by Crippen LogP contribution is 2.27. The van der Waals surface area contributed by atoms with E-state index in [1.807, 2.05) is 85.8 Å². The van der Waals surface area contributed by atoms with E-state index in [-0.39, 0.29) is 16.9 Å². The lowest BCUT2D eigenvalue weighted by Crippen LogP contribution is -2.33. The van der Waals surface area contributed by atoms with Crippen LogP contribution in [0.1, 0.15) is 40.3 Å². The van der Waals surface area contributed by atoms with Gasteiger partial charge in [0.15, 0.2) is 5.82 Å². The Bertz CT molecular complexity index is 1900. The number of hydrogen-bond acceptors (Lipinski definition) is 6. The summed E-state index contributed by atoms with van der Waals surface area (Å²) >= 11 is 0. The highest BCUT2D eigenvalue weighted by Gasteiger charge is 2.26. The van der Waals surface area contributed by atoms with E-state index in [4.69, 9.17) is 5.73 Å². The first-order valence-corrected chi connectivity index (χ1v) is 12.8. The van der Waals surface area contributed by atoms with Gasteiger partial charge < -0.3 is 16.4 Å². The predicted molar refractivity (Wildman–Crippen MR) is 156 cm³/mol. The fourth-order valence-electron chi connectivity index (χ4n) is 4.82. The van der Waals surface area contributed by atoms with Gasteiger partial charge in [0.1, 0.15) is 17.1 Å². The largest absolute Gasteiger partial charge is 0.381 e. The monoisotopic (exact) mass is 527 g/mol. The molecule has 196 valence electrons. The molecular weight excluding hydrogens is 502 g/mol. The number of amides is 1. The third kappa shape index (κ3) is 4.48. The summed E-state index contributed by atoms with van der Waals surface area (Å²) in [5, 5.41) is 11.6. The van der Waals surface area contributed by atoms with Crippen molar-refractivity contribution in [1.29, 1.82) is 0 Å². The second kappa shape index (κ2) is 10.3. The zero-order valence-corrected chi connectivity index (χ0v) is 21.6. The molecule has 0 fully saturated rings. The van der Waals surface area contributed by atoms with Crippen LogP contribution in [0.15, 0.2) is 89.9 Å². The molecule has 9 nitrogen and oxygen atoms in total. The number of nitrogens with zero attached hydrogens (tertiary/aromatic N) is 4. The van der Waals surface area contributed by atoms with Gasteiger partial charge in [-0.3, -0.25) is 14.2 Å². The number of carbonyl (C=O) groups is 1. The minimum absolute atomic E-state index is 0.119. The zero-order valence-electron chi connectivity index (χ0n) is 21.6. The molecule has 4 N–H and O–H groups in total. The van der Waals surface area contributed by atoms with E-state index in [1.54, 1.807) is 21.6 Å². The second-order valence-electron chi connectivity index (χ2n) is 9.29. The predicted octanol–water partition coefficient (Wildman–Crippen LogP) is 3.95. The van der Waals surface area contributed by atoms with Gasteiger partial charge in [-0.25, -0.2) is 9.67 Å². The van der Waals surface area contributed by atoms with Crippen LogP contribution in [0, 0.1) is 11.8 Å². The number of nitrogen functional groups attached to an aromatic ring is 1. The van der Waals surface area contributed by atoms with Crippen molar-refractivity contribution in [1.82, 2.24) is 24.6 Å². The number of rotatable bonds is 4. The maximum atomic E-state index is 14.2. The molecule has 0 aliphatic carbocycles. The molecule has 1 atom stereocenters. The summed E-state index contributed by atoms with van der Waals surface area (Å²) in [6.45, 7) is 2.40. The summed E-state index contributed by atoms with van der Waals surface area (Å²) in [7, 11) is 0. The second-order valence-corrected chi connectivity index (χ2v) is 9.29. The Kier molecular flexibility index (Phi) is 6.34. The van der Waals surface area contributed by atoms with Crippen LogP contribution in [0.3, 0.4) is 0 Å². The lowest BCUT2D eigenvalue weighted by atomic mass is 10.0. The Morgan fingerprint density at radius 1 is 1.07 bits per heavy atom. The minimum Gasteiger partial charge on any atom is -0.381 e. The van der Waals surface area contributed by atoms with Crippen molar-refractivity contribution in [2.75, 3.05) is 17.6 Å². The standard InChI is InChI=1S/C31H25N7O2/c1-20(35-30(39)27-28(32)36-37-18-8-17-34-29(27)37)25-19-22-10-7-9-21(14-15-23-11-5-6-16-33-23)26(22)31(40)38(25)24-12-3-2-4-13-24/h2-13,16,18-20,34H,17H2,1H3,(H2,32,36)(H,35,39). The number of nitrogens with two attached hydrogens (primary N) is 1. The van der Waals surface area contributed by atoms with Crippen LogP contribution < -0.4 is 21.9 Å². The number of pyridine rings is 2. The van der Waals surface area contributed by atoms with Crippen molar-refractivity contribution in [2.24, 2.45) is 0 Å². The van der Waals surface area contributed by atoms with Crippen molar-refractivity contribution in [3.05, 3.63) is 118 Å². The smallest absolute Gasteiger partial charge is 0.264 e. The quantitative estimate of drug-likeness (QED) is 0.305. The van der Waals surface area contributed by atoms with Gasteiger partial charge in [-0.2, -0.15) is 0 Å². The molecule has 0 radical (unpaired) electrons. The Hall–Kier alpha value is -5.62. The average molecular weight is 528 g/mol. The number of anilines is 2. The van der Waals surface area contributed by atoms with Crippen LogP contribution >= 0.6 is 0 Å². The zero-order chi connectivity index (χ0) is 27.6. The summed E-state index contributed by atoms with van der Waals surface area (Å²) in [6.07, 6.45) is 5.32. The van der Waals surface area contributed by atoms with Crippen LogP contribution in [0.25, 0.3) is 22.7 Å². The highest BCUT2D eigenvalue weighted by atomic mass is 16.2. The van der Waals surface area contributed by atoms with Crippen molar-refractivity contribution in [3.63, 3.8) is 0 Å². The fourth-order valence-corrected chi connectivity index (χ4v) is 4.82. The molecule has 1 aliphatic rings. The van der Waals surface area contributed by atoms with E-state index in [9.17, 15) is 9.59 Å². The molecule has 40 heavy (non-hydrogen) atoms. The Morgan fingerprint density at radius 2 is 1.90 bits per heavy atom. The van der Waals surface area contributed by atoms with Gasteiger partial charge in [-0.05, 0) is 60.7 Å². The Labute approximate surface area is 230 Å².